The Bertz CT molecular complexity index is 272. The lowest BCUT2D eigenvalue weighted by Crippen LogP contribution is -2.03. The fourth-order valence-electron chi connectivity index (χ4n) is 1.49. The topological polar surface area (TPSA) is 26.0 Å². The quantitative estimate of drug-likeness (QED) is 0.674. The van der Waals surface area contributed by atoms with Crippen molar-refractivity contribution in [2.45, 2.75) is 25.1 Å². The molecule has 2 heteroatoms. The molecule has 1 unspecified atom stereocenters. The van der Waals surface area contributed by atoms with Crippen molar-refractivity contribution in [2.24, 2.45) is 5.73 Å². The van der Waals surface area contributed by atoms with E-state index in [-0.39, 0.29) is 12.0 Å². The van der Waals surface area contributed by atoms with Crippen molar-refractivity contribution in [2.75, 3.05) is 0 Å². The predicted octanol–water partition coefficient (Wildman–Crippen LogP) is 1.76. The van der Waals surface area contributed by atoms with Gasteiger partial charge in [-0.3, -0.25) is 0 Å². The number of halogens is 1. The normalized spacial score (nSPS) is 33.4. The van der Waals surface area contributed by atoms with Crippen molar-refractivity contribution in [3.63, 3.8) is 0 Å². The summed E-state index contributed by atoms with van der Waals surface area (Å²) >= 11 is 0. The van der Waals surface area contributed by atoms with Gasteiger partial charge < -0.3 is 5.73 Å². The summed E-state index contributed by atoms with van der Waals surface area (Å²) in [5.41, 5.74) is 7.73. The molecular formula is C10H12FN. The third kappa shape index (κ3) is 1.12. The van der Waals surface area contributed by atoms with Gasteiger partial charge in [0.15, 0.2) is 0 Å². The molecule has 2 N–H and O–H groups in total. The van der Waals surface area contributed by atoms with Gasteiger partial charge in [0.05, 0.1) is 0 Å². The first-order valence-corrected chi connectivity index (χ1v) is 4.16. The molecule has 0 saturated heterocycles. The Kier molecular flexibility index (Phi) is 1.65. The van der Waals surface area contributed by atoms with Crippen molar-refractivity contribution in [3.8, 4) is 0 Å². The first kappa shape index (κ1) is 7.74. The number of rotatable bonds is 1. The van der Waals surface area contributed by atoms with Crippen LogP contribution in [0.3, 0.4) is 0 Å². The predicted molar refractivity (Wildman–Crippen MR) is 46.8 cm³/mol. The van der Waals surface area contributed by atoms with Gasteiger partial charge in [-0.05, 0) is 12.5 Å². The van der Waals surface area contributed by atoms with Crippen LogP contribution in [0.4, 0.5) is 4.39 Å². The fourth-order valence-corrected chi connectivity index (χ4v) is 1.49. The molecule has 1 nitrogen and oxygen atoms in total. The van der Waals surface area contributed by atoms with E-state index in [1.165, 1.54) is 5.56 Å². The minimum atomic E-state index is -0.826. The molecule has 1 fully saturated rings. The van der Waals surface area contributed by atoms with Crippen molar-refractivity contribution in [1.82, 2.24) is 0 Å². The van der Waals surface area contributed by atoms with E-state index in [9.17, 15) is 4.39 Å². The Morgan fingerprint density at radius 2 is 1.75 bits per heavy atom. The molecule has 0 amide bonds. The monoisotopic (exact) mass is 165 g/mol. The van der Waals surface area contributed by atoms with Crippen LogP contribution in [-0.4, -0.2) is 12.2 Å². The molecule has 64 valence electrons. The molecule has 2 rings (SSSR count). The maximum absolute atomic E-state index is 12.8. The molecule has 12 heavy (non-hydrogen) atoms. The molecule has 0 heterocycles. The lowest BCUT2D eigenvalue weighted by molar-refractivity contribution is 0.459. The summed E-state index contributed by atoms with van der Waals surface area (Å²) in [5.74, 6) is -0.0504. The minimum absolute atomic E-state index is 0.0504. The molecule has 0 spiro atoms. The van der Waals surface area contributed by atoms with E-state index in [0.717, 1.165) is 5.56 Å². The molecule has 1 aliphatic carbocycles. The Hall–Kier alpha value is -0.890. The van der Waals surface area contributed by atoms with E-state index in [1.807, 2.05) is 31.2 Å². The summed E-state index contributed by atoms with van der Waals surface area (Å²) in [7, 11) is 0. The van der Waals surface area contributed by atoms with Gasteiger partial charge in [-0.2, -0.15) is 0 Å². The van der Waals surface area contributed by atoms with Gasteiger partial charge in [-0.1, -0.05) is 29.8 Å². The lowest BCUT2D eigenvalue weighted by atomic mass is 10.1. The number of nitrogens with two attached hydrogens (primary N) is 1. The third-order valence-corrected chi connectivity index (χ3v) is 2.45. The summed E-state index contributed by atoms with van der Waals surface area (Å²) in [4.78, 5) is 0. The van der Waals surface area contributed by atoms with Crippen LogP contribution >= 0.6 is 0 Å². The fraction of sp³-hybridized carbons (Fsp3) is 0.400. The number of aryl methyl sites for hydroxylation is 1. The zero-order valence-electron chi connectivity index (χ0n) is 7.00. The second-order valence-corrected chi connectivity index (χ2v) is 3.46. The SMILES string of the molecule is Cc1ccc(C2[C@@H](N)[C@@H]2F)cc1. The van der Waals surface area contributed by atoms with Gasteiger partial charge in [0.1, 0.15) is 6.17 Å². The van der Waals surface area contributed by atoms with E-state index < -0.39 is 6.17 Å². The van der Waals surface area contributed by atoms with Crippen LogP contribution in [-0.2, 0) is 0 Å². The number of hydrogen-bond acceptors (Lipinski definition) is 1. The molecule has 0 aliphatic heterocycles. The van der Waals surface area contributed by atoms with Gasteiger partial charge in [0.2, 0.25) is 0 Å². The first-order valence-electron chi connectivity index (χ1n) is 4.16. The summed E-state index contributed by atoms with van der Waals surface area (Å²) in [5, 5.41) is 0. The minimum Gasteiger partial charge on any atom is -0.325 e. The van der Waals surface area contributed by atoms with Crippen molar-refractivity contribution in [1.29, 1.82) is 0 Å². The molecule has 1 aliphatic rings. The van der Waals surface area contributed by atoms with Gasteiger partial charge >= 0.3 is 0 Å². The molecule has 0 bridgehead atoms. The summed E-state index contributed by atoms with van der Waals surface area (Å²) in [6.07, 6.45) is -0.826. The molecule has 3 atom stereocenters. The van der Waals surface area contributed by atoms with Crippen LogP contribution in [0.25, 0.3) is 0 Å². The molecule has 0 aromatic heterocycles. The van der Waals surface area contributed by atoms with Crippen LogP contribution in [0.5, 0.6) is 0 Å². The average Bonchev–Trinajstić information content (AvgIpc) is 2.63. The van der Waals surface area contributed by atoms with Crippen molar-refractivity contribution in [3.05, 3.63) is 35.4 Å². The second-order valence-electron chi connectivity index (χ2n) is 3.46. The number of alkyl halides is 1. The molecule has 1 saturated carbocycles. The van der Waals surface area contributed by atoms with Crippen LogP contribution in [0.1, 0.15) is 17.0 Å². The standard InChI is InChI=1S/C10H12FN/c1-6-2-4-7(5-3-6)8-9(11)10(8)12/h2-5,8-10H,12H2,1H3/t8?,9-,10-/m1/s1. The summed E-state index contributed by atoms with van der Waals surface area (Å²) < 4.78 is 12.8. The van der Waals surface area contributed by atoms with Crippen LogP contribution < -0.4 is 5.73 Å². The smallest absolute Gasteiger partial charge is 0.124 e. The molecular weight excluding hydrogens is 153 g/mol. The highest BCUT2D eigenvalue weighted by molar-refractivity contribution is 5.33. The van der Waals surface area contributed by atoms with Gasteiger partial charge in [0, 0.05) is 12.0 Å². The van der Waals surface area contributed by atoms with E-state index >= 15 is 0 Å². The number of hydrogen-bond donors (Lipinski definition) is 1. The Morgan fingerprint density at radius 1 is 1.25 bits per heavy atom. The largest absolute Gasteiger partial charge is 0.325 e. The highest BCUT2D eigenvalue weighted by atomic mass is 19.1. The van der Waals surface area contributed by atoms with Gasteiger partial charge in [-0.25, -0.2) is 4.39 Å². The third-order valence-electron chi connectivity index (χ3n) is 2.45. The Labute approximate surface area is 71.4 Å². The van der Waals surface area contributed by atoms with Crippen molar-refractivity contribution >= 4 is 0 Å². The lowest BCUT2D eigenvalue weighted by Gasteiger charge is -1.97. The summed E-state index contributed by atoms with van der Waals surface area (Å²) in [6.45, 7) is 2.02. The van der Waals surface area contributed by atoms with Crippen LogP contribution in [0.2, 0.25) is 0 Å². The van der Waals surface area contributed by atoms with Gasteiger partial charge in [0.25, 0.3) is 0 Å². The van der Waals surface area contributed by atoms with Crippen LogP contribution in [0, 0.1) is 6.92 Å². The number of benzene rings is 1. The summed E-state index contributed by atoms with van der Waals surface area (Å²) in [6, 6.07) is 7.63. The molecule has 0 radical (unpaired) electrons. The highest BCUT2D eigenvalue weighted by Crippen LogP contribution is 2.42. The zero-order valence-corrected chi connectivity index (χ0v) is 7.00. The van der Waals surface area contributed by atoms with E-state index in [1.54, 1.807) is 0 Å². The Morgan fingerprint density at radius 3 is 2.17 bits per heavy atom. The molecule has 1 aromatic rings. The first-order chi connectivity index (χ1) is 5.70. The van der Waals surface area contributed by atoms with Gasteiger partial charge in [-0.15, -0.1) is 0 Å². The van der Waals surface area contributed by atoms with Crippen molar-refractivity contribution < 1.29 is 4.39 Å². The highest BCUT2D eigenvalue weighted by Gasteiger charge is 2.49. The van der Waals surface area contributed by atoms with E-state index in [2.05, 4.69) is 0 Å². The molecule has 1 aromatic carbocycles. The maximum Gasteiger partial charge on any atom is 0.124 e. The maximum atomic E-state index is 12.8. The van der Waals surface area contributed by atoms with E-state index in [0.29, 0.717) is 0 Å². The Balaban J connectivity index is 2.20. The second kappa shape index (κ2) is 2.56. The average molecular weight is 165 g/mol. The zero-order chi connectivity index (χ0) is 8.72. The van der Waals surface area contributed by atoms with E-state index in [4.69, 9.17) is 5.73 Å². The van der Waals surface area contributed by atoms with Crippen LogP contribution in [0.15, 0.2) is 24.3 Å².